The molecule has 4 aromatic rings. The molecule has 0 aliphatic rings. The summed E-state index contributed by atoms with van der Waals surface area (Å²) >= 11 is 0. The van der Waals surface area contributed by atoms with Crippen LogP contribution >= 0.6 is 0 Å². The highest BCUT2D eigenvalue weighted by Crippen LogP contribution is 2.23. The van der Waals surface area contributed by atoms with E-state index in [2.05, 4.69) is 15.2 Å². The first-order chi connectivity index (χ1) is 15.4. The molecule has 0 fully saturated rings. The number of carbonyl (C=O) groups excluding carboxylic acids is 2. The second-order valence-corrected chi connectivity index (χ2v) is 7.36. The van der Waals surface area contributed by atoms with Crippen LogP contribution in [0.25, 0.3) is 10.8 Å². The fourth-order valence-electron chi connectivity index (χ4n) is 3.43. The topological polar surface area (TPSA) is 116 Å². The number of nitrogens with zero attached hydrogens (tertiary/aromatic N) is 3. The molecule has 3 aromatic carbocycles. The molecule has 8 heteroatoms. The summed E-state index contributed by atoms with van der Waals surface area (Å²) in [4.78, 5) is 42.5. The number of carboxylic acid groups (broad SMARTS) is 1. The fraction of sp³-hybridized carbons (Fsp3) is 0.125. The van der Waals surface area contributed by atoms with Gasteiger partial charge in [-0.25, -0.2) is 9.78 Å². The van der Waals surface area contributed by atoms with E-state index in [1.165, 1.54) is 17.0 Å². The second-order valence-electron chi connectivity index (χ2n) is 7.36. The van der Waals surface area contributed by atoms with Crippen molar-refractivity contribution in [3.8, 4) is 0 Å². The van der Waals surface area contributed by atoms with Crippen molar-refractivity contribution in [3.05, 3.63) is 89.5 Å². The number of Topliss-reactive ketones (excluding diaryl/α,β-unsaturated/α-hetero) is 1. The van der Waals surface area contributed by atoms with Crippen molar-refractivity contribution in [3.63, 3.8) is 0 Å². The number of ketones is 1. The van der Waals surface area contributed by atoms with E-state index >= 15 is 0 Å². The molecule has 0 unspecified atom stereocenters. The highest BCUT2D eigenvalue weighted by molar-refractivity contribution is 6.10. The predicted octanol–water partition coefficient (Wildman–Crippen LogP) is 3.77. The van der Waals surface area contributed by atoms with Crippen LogP contribution in [-0.2, 0) is 11.3 Å². The number of H-pyrrole nitrogens is 1. The molecule has 0 radical (unpaired) electrons. The van der Waals surface area contributed by atoms with Gasteiger partial charge in [0, 0.05) is 5.69 Å². The van der Waals surface area contributed by atoms with Gasteiger partial charge in [-0.3, -0.25) is 14.7 Å². The summed E-state index contributed by atoms with van der Waals surface area (Å²) in [5, 5.41) is 17.9. The Hall–Kier alpha value is -4.33. The molecule has 0 aliphatic carbocycles. The quantitative estimate of drug-likeness (QED) is 0.342. The number of rotatable bonds is 7. The number of nitrogens with one attached hydrogen (secondary N) is 1. The van der Waals surface area contributed by atoms with Gasteiger partial charge in [-0.2, -0.15) is 5.10 Å². The van der Waals surface area contributed by atoms with Crippen LogP contribution in [0.15, 0.2) is 66.7 Å². The number of anilines is 1. The lowest BCUT2D eigenvalue weighted by Crippen LogP contribution is -2.32. The van der Waals surface area contributed by atoms with Crippen molar-refractivity contribution < 1.29 is 19.5 Å². The lowest BCUT2D eigenvalue weighted by atomic mass is 10.1. The van der Waals surface area contributed by atoms with Crippen LogP contribution in [0.3, 0.4) is 0 Å². The third-order valence-corrected chi connectivity index (χ3v) is 5.02. The maximum atomic E-state index is 13.2. The number of carbonyl (C=O) groups is 3. The zero-order chi connectivity index (χ0) is 22.7. The van der Waals surface area contributed by atoms with Crippen molar-refractivity contribution in [1.82, 2.24) is 15.2 Å². The van der Waals surface area contributed by atoms with Gasteiger partial charge >= 0.3 is 5.97 Å². The number of aromatic amines is 1. The minimum atomic E-state index is -1.10. The maximum Gasteiger partial charge on any atom is 0.335 e. The highest BCUT2D eigenvalue weighted by atomic mass is 16.4. The fourth-order valence-corrected chi connectivity index (χ4v) is 3.43. The lowest BCUT2D eigenvalue weighted by Gasteiger charge is -2.23. The van der Waals surface area contributed by atoms with E-state index in [4.69, 9.17) is 0 Å². The molecule has 1 amide bonds. The van der Waals surface area contributed by atoms with E-state index < -0.39 is 24.1 Å². The van der Waals surface area contributed by atoms with Gasteiger partial charge in [0.1, 0.15) is 5.82 Å². The monoisotopic (exact) mass is 428 g/mol. The van der Waals surface area contributed by atoms with Gasteiger partial charge in [-0.1, -0.05) is 42.5 Å². The highest BCUT2D eigenvalue weighted by Gasteiger charge is 2.23. The first kappa shape index (κ1) is 20.9. The van der Waals surface area contributed by atoms with Gasteiger partial charge < -0.3 is 10.0 Å². The largest absolute Gasteiger partial charge is 0.478 e. The van der Waals surface area contributed by atoms with Gasteiger partial charge in [0.05, 0.1) is 18.5 Å². The Kier molecular flexibility index (Phi) is 5.76. The number of fused-ring (bicyclic) bond motifs is 1. The lowest BCUT2D eigenvalue weighted by molar-refractivity contribution is -0.117. The average molecular weight is 428 g/mol. The molecule has 1 aromatic heterocycles. The first-order valence-electron chi connectivity index (χ1n) is 9.94. The van der Waals surface area contributed by atoms with Crippen molar-refractivity contribution in [2.45, 2.75) is 19.9 Å². The minimum Gasteiger partial charge on any atom is -0.478 e. The van der Waals surface area contributed by atoms with E-state index in [0.29, 0.717) is 11.5 Å². The van der Waals surface area contributed by atoms with Crippen LogP contribution in [0.5, 0.6) is 0 Å². The van der Waals surface area contributed by atoms with Crippen LogP contribution in [-0.4, -0.2) is 37.9 Å². The zero-order valence-corrected chi connectivity index (χ0v) is 17.3. The Morgan fingerprint density at radius 1 is 0.969 bits per heavy atom. The van der Waals surface area contributed by atoms with Crippen molar-refractivity contribution in [1.29, 1.82) is 0 Å². The van der Waals surface area contributed by atoms with Crippen LogP contribution in [0.2, 0.25) is 0 Å². The Morgan fingerprint density at radius 3 is 2.47 bits per heavy atom. The molecule has 0 saturated carbocycles. The summed E-state index contributed by atoms with van der Waals surface area (Å²) in [7, 11) is 0. The third-order valence-electron chi connectivity index (χ3n) is 5.02. The van der Waals surface area contributed by atoms with E-state index in [1.807, 2.05) is 42.5 Å². The first-order valence-corrected chi connectivity index (χ1v) is 9.94. The van der Waals surface area contributed by atoms with Crippen LogP contribution in [0.1, 0.15) is 38.8 Å². The van der Waals surface area contributed by atoms with Crippen LogP contribution in [0, 0.1) is 6.92 Å². The molecule has 160 valence electrons. The predicted molar refractivity (Wildman–Crippen MR) is 119 cm³/mol. The summed E-state index contributed by atoms with van der Waals surface area (Å²) in [5.41, 5.74) is 1.29. The van der Waals surface area contributed by atoms with Gasteiger partial charge in [0.25, 0.3) is 0 Å². The summed E-state index contributed by atoms with van der Waals surface area (Å²) in [6.45, 7) is 1.84. The van der Waals surface area contributed by atoms with Gasteiger partial charge in [-0.05, 0) is 47.5 Å². The third kappa shape index (κ3) is 4.54. The molecule has 0 atom stereocenters. The van der Waals surface area contributed by atoms with E-state index in [-0.39, 0.29) is 17.9 Å². The molecule has 0 bridgehead atoms. The number of hydrogen-bond donors (Lipinski definition) is 2. The van der Waals surface area contributed by atoms with Gasteiger partial charge in [0.15, 0.2) is 0 Å². The number of aromatic carboxylic acids is 1. The summed E-state index contributed by atoms with van der Waals surface area (Å²) in [6, 6.07) is 19.8. The standard InChI is InChI=1S/C24H20N4O4/c1-15-25-23(27-26-15)21(29)13-22(30)28(20-8-4-7-19(12-20)24(31)32)14-16-9-10-17-5-2-3-6-18(17)11-16/h2-12H,13-14H2,1H3,(H,31,32)(H,25,26,27). The Balaban J connectivity index is 1.66. The molecule has 2 N–H and O–H groups in total. The molecule has 8 nitrogen and oxygen atoms in total. The normalized spacial score (nSPS) is 10.8. The summed E-state index contributed by atoms with van der Waals surface area (Å²) < 4.78 is 0. The molecule has 4 rings (SSSR count). The van der Waals surface area contributed by atoms with E-state index in [9.17, 15) is 19.5 Å². The van der Waals surface area contributed by atoms with Crippen LogP contribution in [0.4, 0.5) is 5.69 Å². The SMILES string of the molecule is Cc1nc(C(=O)CC(=O)N(Cc2ccc3ccccc3c2)c2cccc(C(=O)O)c2)n[nH]1. The summed E-state index contributed by atoms with van der Waals surface area (Å²) in [6.07, 6.45) is -0.442. The number of carboxylic acids is 1. The molecule has 0 aliphatic heterocycles. The van der Waals surface area contributed by atoms with E-state index in [0.717, 1.165) is 16.3 Å². The molecule has 0 spiro atoms. The van der Waals surface area contributed by atoms with Gasteiger partial charge in [0.2, 0.25) is 17.5 Å². The Labute approximate surface area is 183 Å². The number of benzene rings is 3. The Morgan fingerprint density at radius 2 is 1.75 bits per heavy atom. The van der Waals surface area contributed by atoms with E-state index in [1.54, 1.807) is 19.1 Å². The number of hydrogen-bond acceptors (Lipinski definition) is 5. The van der Waals surface area contributed by atoms with Gasteiger partial charge in [-0.15, -0.1) is 0 Å². The van der Waals surface area contributed by atoms with Crippen molar-refractivity contribution in [2.24, 2.45) is 0 Å². The number of aromatic nitrogens is 3. The second kappa shape index (κ2) is 8.81. The minimum absolute atomic E-state index is 0.0507. The molecular weight excluding hydrogens is 408 g/mol. The summed E-state index contributed by atoms with van der Waals surface area (Å²) in [5.74, 6) is -1.67. The Bertz CT molecular complexity index is 1330. The molecule has 1 heterocycles. The number of aryl methyl sites for hydroxylation is 1. The molecule has 32 heavy (non-hydrogen) atoms. The van der Waals surface area contributed by atoms with Crippen molar-refractivity contribution in [2.75, 3.05) is 4.90 Å². The van der Waals surface area contributed by atoms with Crippen molar-refractivity contribution >= 4 is 34.1 Å². The zero-order valence-electron chi connectivity index (χ0n) is 17.3. The number of amides is 1. The van der Waals surface area contributed by atoms with Crippen LogP contribution < -0.4 is 4.90 Å². The smallest absolute Gasteiger partial charge is 0.335 e. The average Bonchev–Trinajstić information content (AvgIpc) is 3.23. The molecular formula is C24H20N4O4. The molecule has 0 saturated heterocycles. The maximum absolute atomic E-state index is 13.2.